The van der Waals surface area contributed by atoms with Gasteiger partial charge in [0, 0.05) is 16.7 Å². The molecule has 0 saturated carbocycles. The Morgan fingerprint density at radius 1 is 1.47 bits per heavy atom. The molecule has 6 heteroatoms. The maximum Gasteiger partial charge on any atom is 0.347 e. The first-order valence-corrected chi connectivity index (χ1v) is 5.79. The molecule has 5 nitrogen and oxygen atoms in total. The predicted molar refractivity (Wildman–Crippen MR) is 71.3 cm³/mol. The number of hydrogen-bond acceptors (Lipinski definition) is 4. The number of nitrogens with zero attached hydrogens (tertiary/aromatic N) is 1. The van der Waals surface area contributed by atoms with Crippen molar-refractivity contribution in [2.75, 3.05) is 0 Å². The number of aliphatic carboxylic acids is 1. The van der Waals surface area contributed by atoms with Gasteiger partial charge in [0.25, 0.3) is 0 Å². The number of hydrogen-bond donors (Lipinski definition) is 1. The Labute approximate surface area is 113 Å². The molecular weight excluding hydrogens is 270 g/mol. The second-order valence-corrected chi connectivity index (χ2v) is 4.53. The molecule has 98 valence electrons. The fourth-order valence-electron chi connectivity index (χ4n) is 1.63. The Morgan fingerprint density at radius 3 is 2.79 bits per heavy atom. The molecule has 1 aromatic carbocycles. The van der Waals surface area contributed by atoms with Gasteiger partial charge in [-0.2, -0.15) is 0 Å². The molecule has 0 spiro atoms. The second kappa shape index (κ2) is 4.85. The normalized spacial score (nSPS) is 11.8. The Bertz CT molecular complexity index is 761. The van der Waals surface area contributed by atoms with Crippen molar-refractivity contribution in [2.45, 2.75) is 13.8 Å². The highest BCUT2D eigenvalue weighted by atomic mass is 35.5. The van der Waals surface area contributed by atoms with E-state index in [0.29, 0.717) is 10.5 Å². The summed E-state index contributed by atoms with van der Waals surface area (Å²) in [6.45, 7) is 3.15. The van der Waals surface area contributed by atoms with E-state index in [9.17, 15) is 9.59 Å². The highest BCUT2D eigenvalue weighted by molar-refractivity contribution is 6.31. The zero-order valence-corrected chi connectivity index (χ0v) is 11.0. The Kier molecular flexibility index (Phi) is 3.40. The molecule has 19 heavy (non-hydrogen) atoms. The maximum atomic E-state index is 11.8. The molecule has 1 N–H and O–H groups in total. The van der Waals surface area contributed by atoms with E-state index in [1.165, 1.54) is 19.1 Å². The Hall–Kier alpha value is -2.14. The van der Waals surface area contributed by atoms with E-state index in [-0.39, 0.29) is 16.9 Å². The average Bonchev–Trinajstić information content (AvgIpc) is 2.30. The highest BCUT2D eigenvalue weighted by Gasteiger charge is 2.10. The average molecular weight is 280 g/mol. The first-order valence-electron chi connectivity index (χ1n) is 5.41. The van der Waals surface area contributed by atoms with Crippen molar-refractivity contribution in [3.05, 3.63) is 44.6 Å². The van der Waals surface area contributed by atoms with Crippen LogP contribution >= 0.6 is 11.6 Å². The van der Waals surface area contributed by atoms with Crippen molar-refractivity contribution >= 4 is 34.5 Å². The van der Waals surface area contributed by atoms with E-state index in [0.717, 1.165) is 5.56 Å². The smallest absolute Gasteiger partial charge is 0.347 e. The van der Waals surface area contributed by atoms with Gasteiger partial charge in [0.05, 0.1) is 10.9 Å². The standard InChI is InChI=1S/C13H10ClNO4/c1-6-3-8(14)5-9-11(6)15-10(19-13(9)18)4-7(2)12(16)17/h3-5H,1-2H3,(H,16,17)/b7-4-. The lowest BCUT2D eigenvalue weighted by Crippen LogP contribution is -2.05. The summed E-state index contributed by atoms with van der Waals surface area (Å²) in [4.78, 5) is 26.7. The summed E-state index contributed by atoms with van der Waals surface area (Å²) in [6, 6.07) is 3.15. The zero-order chi connectivity index (χ0) is 14.2. The Balaban J connectivity index is 2.72. The number of fused-ring (bicyclic) bond motifs is 1. The fourth-order valence-corrected chi connectivity index (χ4v) is 1.90. The first-order chi connectivity index (χ1) is 8.88. The molecule has 0 saturated heterocycles. The molecule has 1 heterocycles. The van der Waals surface area contributed by atoms with Gasteiger partial charge in [0.15, 0.2) is 0 Å². The highest BCUT2D eigenvalue weighted by Crippen LogP contribution is 2.20. The predicted octanol–water partition coefficient (Wildman–Crippen LogP) is 2.64. The maximum absolute atomic E-state index is 11.8. The number of carbonyl (C=O) groups is 1. The molecular formula is C13H10ClNO4. The second-order valence-electron chi connectivity index (χ2n) is 4.09. The van der Waals surface area contributed by atoms with Crippen LogP contribution in [0.15, 0.2) is 26.9 Å². The van der Waals surface area contributed by atoms with Crippen molar-refractivity contribution in [1.29, 1.82) is 0 Å². The van der Waals surface area contributed by atoms with Gasteiger partial charge in [-0.05, 0) is 31.5 Å². The summed E-state index contributed by atoms with van der Waals surface area (Å²) < 4.78 is 4.96. The molecule has 0 bridgehead atoms. The molecule has 0 aliphatic rings. The van der Waals surface area contributed by atoms with E-state index < -0.39 is 11.6 Å². The number of halogens is 1. The summed E-state index contributed by atoms with van der Waals surface area (Å²) in [6.07, 6.45) is 1.21. The van der Waals surface area contributed by atoms with Crippen LogP contribution in [0.2, 0.25) is 5.02 Å². The number of aryl methyl sites for hydroxylation is 1. The monoisotopic (exact) mass is 279 g/mol. The van der Waals surface area contributed by atoms with Gasteiger partial charge in [-0.1, -0.05) is 11.6 Å². The third-order valence-corrected chi connectivity index (χ3v) is 2.80. The van der Waals surface area contributed by atoms with E-state index >= 15 is 0 Å². The van der Waals surface area contributed by atoms with Crippen molar-refractivity contribution < 1.29 is 14.3 Å². The summed E-state index contributed by atoms with van der Waals surface area (Å²) in [7, 11) is 0. The largest absolute Gasteiger partial charge is 0.478 e. The first kappa shape index (κ1) is 13.3. The minimum atomic E-state index is -1.10. The van der Waals surface area contributed by atoms with Gasteiger partial charge in [0.1, 0.15) is 0 Å². The third-order valence-electron chi connectivity index (χ3n) is 2.58. The van der Waals surface area contributed by atoms with E-state index in [2.05, 4.69) is 4.98 Å². The van der Waals surface area contributed by atoms with Gasteiger partial charge in [-0.25, -0.2) is 14.6 Å². The molecule has 1 aromatic heterocycles. The number of carboxylic acids is 1. The summed E-state index contributed by atoms with van der Waals surface area (Å²) >= 11 is 5.86. The number of rotatable bonds is 2. The van der Waals surface area contributed by atoms with Crippen LogP contribution in [-0.2, 0) is 4.79 Å². The lowest BCUT2D eigenvalue weighted by molar-refractivity contribution is -0.132. The van der Waals surface area contributed by atoms with Gasteiger partial charge in [-0.15, -0.1) is 0 Å². The van der Waals surface area contributed by atoms with Gasteiger partial charge in [-0.3, -0.25) is 0 Å². The van der Waals surface area contributed by atoms with Crippen LogP contribution in [-0.4, -0.2) is 16.1 Å². The van der Waals surface area contributed by atoms with Crippen molar-refractivity contribution in [1.82, 2.24) is 4.98 Å². The summed E-state index contributed by atoms with van der Waals surface area (Å²) in [5.74, 6) is -1.14. The SMILES string of the molecule is C/C(=C/c1nc2c(C)cc(Cl)cc2c(=O)o1)C(=O)O. The van der Waals surface area contributed by atoms with E-state index in [4.69, 9.17) is 21.1 Å². The summed E-state index contributed by atoms with van der Waals surface area (Å²) in [5.41, 5.74) is 0.602. The lowest BCUT2D eigenvalue weighted by atomic mass is 10.1. The number of aromatic nitrogens is 1. The van der Waals surface area contributed by atoms with Gasteiger partial charge < -0.3 is 9.52 Å². The van der Waals surface area contributed by atoms with Crippen molar-refractivity contribution in [3.63, 3.8) is 0 Å². The van der Waals surface area contributed by atoms with Crippen molar-refractivity contribution in [2.24, 2.45) is 0 Å². The molecule has 0 radical (unpaired) electrons. The molecule has 0 fully saturated rings. The molecule has 2 aromatic rings. The minimum absolute atomic E-state index is 0.0293. The molecule has 2 rings (SSSR count). The summed E-state index contributed by atoms with van der Waals surface area (Å²) in [5, 5.41) is 9.48. The molecule has 0 unspecified atom stereocenters. The van der Waals surface area contributed by atoms with Crippen LogP contribution in [0.3, 0.4) is 0 Å². The van der Waals surface area contributed by atoms with Crippen LogP contribution in [0.1, 0.15) is 18.4 Å². The van der Waals surface area contributed by atoms with Crippen LogP contribution in [0, 0.1) is 6.92 Å². The van der Waals surface area contributed by atoms with Crippen molar-refractivity contribution in [3.8, 4) is 0 Å². The van der Waals surface area contributed by atoms with E-state index in [1.54, 1.807) is 13.0 Å². The van der Waals surface area contributed by atoms with Gasteiger partial charge in [0.2, 0.25) is 5.89 Å². The molecule has 0 aliphatic heterocycles. The Morgan fingerprint density at radius 2 is 2.16 bits per heavy atom. The lowest BCUT2D eigenvalue weighted by Gasteiger charge is -2.02. The molecule has 0 atom stereocenters. The van der Waals surface area contributed by atoms with Crippen LogP contribution < -0.4 is 5.63 Å². The zero-order valence-electron chi connectivity index (χ0n) is 10.2. The quantitative estimate of drug-likeness (QED) is 0.855. The topological polar surface area (TPSA) is 80.4 Å². The number of carboxylic acid groups (broad SMARTS) is 1. The van der Waals surface area contributed by atoms with E-state index in [1.807, 2.05) is 0 Å². The van der Waals surface area contributed by atoms with Crippen LogP contribution in [0.5, 0.6) is 0 Å². The molecule has 0 amide bonds. The number of benzene rings is 1. The molecule has 0 aliphatic carbocycles. The minimum Gasteiger partial charge on any atom is -0.478 e. The van der Waals surface area contributed by atoms with Crippen LogP contribution in [0.4, 0.5) is 0 Å². The van der Waals surface area contributed by atoms with Gasteiger partial charge >= 0.3 is 11.6 Å². The third kappa shape index (κ3) is 2.66. The fraction of sp³-hybridized carbons (Fsp3) is 0.154. The van der Waals surface area contributed by atoms with Crippen LogP contribution in [0.25, 0.3) is 17.0 Å².